The molecular formula is C14H22N2O5S. The molecule has 3 N–H and O–H groups in total. The Morgan fingerprint density at radius 3 is 2.23 bits per heavy atom. The first-order chi connectivity index (χ1) is 9.88. The highest BCUT2D eigenvalue weighted by Gasteiger charge is 2.71. The van der Waals surface area contributed by atoms with Gasteiger partial charge in [-0.3, -0.25) is 4.79 Å². The van der Waals surface area contributed by atoms with Crippen LogP contribution in [0.5, 0.6) is 0 Å². The molecule has 0 bridgehead atoms. The molecule has 2 rings (SSSR count). The number of hydrogen-bond donors (Lipinski definition) is 2. The van der Waals surface area contributed by atoms with Crippen LogP contribution < -0.4 is 10.5 Å². The van der Waals surface area contributed by atoms with Crippen molar-refractivity contribution in [3.8, 4) is 0 Å². The zero-order valence-corrected chi connectivity index (χ0v) is 13.8. The number of primary sulfonamides is 1. The lowest BCUT2D eigenvalue weighted by Crippen LogP contribution is -2.54. The van der Waals surface area contributed by atoms with Gasteiger partial charge >= 0.3 is 6.09 Å². The van der Waals surface area contributed by atoms with Gasteiger partial charge in [-0.05, 0) is 40.0 Å². The number of rotatable bonds is 5. The molecule has 2 atom stereocenters. The van der Waals surface area contributed by atoms with Crippen LogP contribution in [0.4, 0.5) is 4.79 Å². The number of carbonyl (C=O) groups is 2. The lowest BCUT2D eigenvalue weighted by Gasteiger charge is -2.25. The molecule has 0 radical (unpaired) electrons. The lowest BCUT2D eigenvalue weighted by molar-refractivity contribution is -0.122. The van der Waals surface area contributed by atoms with E-state index in [1.807, 2.05) is 0 Å². The molecule has 1 amide bonds. The summed E-state index contributed by atoms with van der Waals surface area (Å²) in [5.74, 6) is -0.870. The molecule has 0 aromatic carbocycles. The number of hydrogen-bond acceptors (Lipinski definition) is 5. The van der Waals surface area contributed by atoms with E-state index in [1.54, 1.807) is 20.8 Å². The summed E-state index contributed by atoms with van der Waals surface area (Å²) >= 11 is 0. The summed E-state index contributed by atoms with van der Waals surface area (Å²) in [7, 11) is -4.01. The third-order valence-corrected chi connectivity index (χ3v) is 5.77. The van der Waals surface area contributed by atoms with Gasteiger partial charge < -0.3 is 10.1 Å². The van der Waals surface area contributed by atoms with E-state index in [-0.39, 0.29) is 18.8 Å². The fourth-order valence-electron chi connectivity index (χ4n) is 2.68. The molecule has 0 unspecified atom stereocenters. The van der Waals surface area contributed by atoms with Crippen LogP contribution in [-0.2, 0) is 19.6 Å². The molecule has 0 aromatic heterocycles. The van der Waals surface area contributed by atoms with Crippen LogP contribution in [-0.4, -0.2) is 36.2 Å². The van der Waals surface area contributed by atoms with Crippen molar-refractivity contribution in [2.45, 2.75) is 55.9 Å². The predicted molar refractivity (Wildman–Crippen MR) is 80.5 cm³/mol. The Morgan fingerprint density at radius 1 is 1.36 bits per heavy atom. The van der Waals surface area contributed by atoms with Crippen LogP contribution in [0, 0.1) is 5.92 Å². The predicted octanol–water partition coefficient (Wildman–Crippen LogP) is 0.846. The quantitative estimate of drug-likeness (QED) is 0.725. The van der Waals surface area contributed by atoms with Crippen molar-refractivity contribution in [1.82, 2.24) is 5.32 Å². The zero-order chi connectivity index (χ0) is 17.0. The summed E-state index contributed by atoms with van der Waals surface area (Å²) in [5.41, 5.74) is -1.99. The summed E-state index contributed by atoms with van der Waals surface area (Å²) in [4.78, 5) is 24.7. The Morgan fingerprint density at radius 2 is 1.91 bits per heavy atom. The smallest absolute Gasteiger partial charge is 0.408 e. The van der Waals surface area contributed by atoms with E-state index in [0.717, 1.165) is 0 Å². The van der Waals surface area contributed by atoms with Crippen molar-refractivity contribution in [3.63, 3.8) is 0 Å². The molecule has 0 spiro atoms. The van der Waals surface area contributed by atoms with E-state index in [2.05, 4.69) is 11.9 Å². The average molecular weight is 330 g/mol. The number of carbonyl (C=O) groups excluding carboxylic acids is 2. The monoisotopic (exact) mass is 330 g/mol. The van der Waals surface area contributed by atoms with Crippen LogP contribution in [0.25, 0.3) is 0 Å². The second-order valence-electron chi connectivity index (χ2n) is 7.01. The number of ether oxygens (including phenoxy) is 1. The second kappa shape index (κ2) is 4.79. The maximum absolute atomic E-state index is 12.8. The third-order valence-electron chi connectivity index (χ3n) is 4.09. The minimum Gasteiger partial charge on any atom is -0.444 e. The summed E-state index contributed by atoms with van der Waals surface area (Å²) < 4.78 is 27.0. The van der Waals surface area contributed by atoms with Crippen molar-refractivity contribution >= 4 is 21.9 Å². The van der Waals surface area contributed by atoms with Crippen molar-refractivity contribution in [1.29, 1.82) is 0 Å². The lowest BCUT2D eigenvalue weighted by atomic mass is 10.0. The maximum Gasteiger partial charge on any atom is 0.408 e. The highest BCUT2D eigenvalue weighted by Crippen LogP contribution is 2.54. The number of ketones is 1. The van der Waals surface area contributed by atoms with Gasteiger partial charge in [-0.1, -0.05) is 6.08 Å². The summed E-state index contributed by atoms with van der Waals surface area (Å²) in [6.45, 7) is 8.72. The first kappa shape index (κ1) is 17.0. The first-order valence-electron chi connectivity index (χ1n) is 7.09. The maximum atomic E-state index is 12.8. The molecule has 124 valence electrons. The SMILES string of the molecule is C=C[C@H]1C[C@]1(NC(=O)OC(C)(C)C)C(=O)C1(S(N)(=O)=O)CC1. The number of nitrogens with two attached hydrogens (primary N) is 1. The second-order valence-corrected chi connectivity index (χ2v) is 8.88. The van der Waals surface area contributed by atoms with E-state index >= 15 is 0 Å². The van der Waals surface area contributed by atoms with E-state index < -0.39 is 37.8 Å². The van der Waals surface area contributed by atoms with Gasteiger partial charge in [0.25, 0.3) is 0 Å². The molecule has 2 fully saturated rings. The molecule has 2 aliphatic rings. The number of sulfonamides is 1. The molecule has 0 aromatic rings. The van der Waals surface area contributed by atoms with Gasteiger partial charge in [-0.2, -0.15) is 0 Å². The molecule has 0 aliphatic heterocycles. The Labute approximate surface area is 130 Å². The van der Waals surface area contributed by atoms with Gasteiger partial charge in [-0.15, -0.1) is 6.58 Å². The summed E-state index contributed by atoms with van der Waals surface area (Å²) in [5, 5.41) is 7.74. The van der Waals surface area contributed by atoms with Gasteiger partial charge in [0.2, 0.25) is 10.0 Å². The van der Waals surface area contributed by atoms with Crippen LogP contribution in [0.1, 0.15) is 40.0 Å². The van der Waals surface area contributed by atoms with Gasteiger partial charge in [0.1, 0.15) is 15.9 Å². The van der Waals surface area contributed by atoms with E-state index in [0.29, 0.717) is 6.42 Å². The van der Waals surface area contributed by atoms with Gasteiger partial charge in [-0.25, -0.2) is 18.4 Å². The molecule has 2 saturated carbocycles. The summed E-state index contributed by atoms with van der Waals surface area (Å²) in [6, 6.07) is 0. The molecule has 7 nitrogen and oxygen atoms in total. The van der Waals surface area contributed by atoms with Crippen molar-refractivity contribution in [3.05, 3.63) is 12.7 Å². The van der Waals surface area contributed by atoms with Crippen LogP contribution in [0.3, 0.4) is 0 Å². The van der Waals surface area contributed by atoms with Crippen LogP contribution in [0.15, 0.2) is 12.7 Å². The molecule has 22 heavy (non-hydrogen) atoms. The molecule has 8 heteroatoms. The molecule has 2 aliphatic carbocycles. The van der Waals surface area contributed by atoms with E-state index in [1.165, 1.54) is 6.08 Å². The minimum absolute atomic E-state index is 0.187. The fourth-order valence-corrected chi connectivity index (χ4v) is 3.79. The van der Waals surface area contributed by atoms with Gasteiger partial charge in [0.15, 0.2) is 5.78 Å². The molecule has 0 heterocycles. The zero-order valence-electron chi connectivity index (χ0n) is 13.0. The number of alkyl carbamates (subject to hydrolysis) is 1. The van der Waals surface area contributed by atoms with Crippen molar-refractivity contribution in [2.24, 2.45) is 11.1 Å². The van der Waals surface area contributed by atoms with Crippen molar-refractivity contribution in [2.75, 3.05) is 0 Å². The normalized spacial score (nSPS) is 29.4. The van der Waals surface area contributed by atoms with Crippen molar-refractivity contribution < 1.29 is 22.7 Å². The molecule has 0 saturated heterocycles. The number of amides is 1. The van der Waals surface area contributed by atoms with E-state index in [9.17, 15) is 18.0 Å². The van der Waals surface area contributed by atoms with Gasteiger partial charge in [0, 0.05) is 5.92 Å². The van der Waals surface area contributed by atoms with Crippen LogP contribution >= 0.6 is 0 Å². The third kappa shape index (κ3) is 2.77. The Bertz CT molecular complexity index is 630. The van der Waals surface area contributed by atoms with E-state index in [4.69, 9.17) is 9.88 Å². The Hall–Kier alpha value is -1.41. The first-order valence-corrected chi connectivity index (χ1v) is 8.64. The summed E-state index contributed by atoms with van der Waals surface area (Å²) in [6.07, 6.45) is 1.47. The Balaban J connectivity index is 2.23. The number of nitrogens with one attached hydrogen (secondary N) is 1. The highest BCUT2D eigenvalue weighted by molar-refractivity contribution is 7.91. The minimum atomic E-state index is -4.01. The highest BCUT2D eigenvalue weighted by atomic mass is 32.2. The Kier molecular flexibility index (Phi) is 3.69. The topological polar surface area (TPSA) is 116 Å². The van der Waals surface area contributed by atoms with Crippen LogP contribution in [0.2, 0.25) is 0 Å². The van der Waals surface area contributed by atoms with Gasteiger partial charge in [0.05, 0.1) is 0 Å². The fraction of sp³-hybridized carbons (Fsp3) is 0.714. The number of Topliss-reactive ketones (excluding diaryl/α,β-unsaturated/α-hetero) is 1. The average Bonchev–Trinajstić information content (AvgIpc) is 3.19. The largest absolute Gasteiger partial charge is 0.444 e. The standard InChI is InChI=1S/C14H22N2O5S/c1-5-9-8-14(9,16-11(18)21-12(2,3)4)10(17)13(6-7-13)22(15,19)20/h5,9H,1,6-8H2,2-4H3,(H,16,18)(H2,15,19,20)/t9-,14+/m0/s1. The molecular weight excluding hydrogens is 308 g/mol.